The molecule has 1 aromatic rings. The summed E-state index contributed by atoms with van der Waals surface area (Å²) < 4.78 is 5.34. The highest BCUT2D eigenvalue weighted by molar-refractivity contribution is 5.37. The molecule has 0 saturated heterocycles. The fourth-order valence-corrected chi connectivity index (χ4v) is 3.52. The number of aryl methyl sites for hydroxylation is 1. The van der Waals surface area contributed by atoms with Crippen LogP contribution in [0.4, 0.5) is 0 Å². The molecule has 0 amide bonds. The summed E-state index contributed by atoms with van der Waals surface area (Å²) in [5.41, 5.74) is 2.89. The predicted octanol–water partition coefficient (Wildman–Crippen LogP) is 3.19. The number of ether oxygens (including phenoxy) is 1. The first-order valence-electron chi connectivity index (χ1n) is 8.62. The second kappa shape index (κ2) is 8.54. The van der Waals surface area contributed by atoms with Crippen LogP contribution < -0.4 is 10.1 Å². The number of fused-ring (bicyclic) bond motifs is 1. The van der Waals surface area contributed by atoms with Gasteiger partial charge in [0.05, 0.1) is 7.11 Å². The van der Waals surface area contributed by atoms with Gasteiger partial charge in [-0.05, 0) is 73.7 Å². The van der Waals surface area contributed by atoms with Crippen LogP contribution in [0.25, 0.3) is 0 Å². The molecule has 1 aliphatic carbocycles. The standard InChI is InChI=1S/C19H31NO2/c1-14(2)10-15(8-9-21)13-20-18-6-4-16-5-7-19(22-3)12-17(16)11-18/h5,7,12,14-15,18,20-21H,4,6,8-11,13H2,1-3H3. The van der Waals surface area contributed by atoms with E-state index in [9.17, 15) is 5.11 Å². The van der Waals surface area contributed by atoms with Gasteiger partial charge in [-0.3, -0.25) is 0 Å². The molecule has 2 atom stereocenters. The van der Waals surface area contributed by atoms with E-state index in [0.717, 1.165) is 31.6 Å². The van der Waals surface area contributed by atoms with Crippen LogP contribution in [-0.2, 0) is 12.8 Å². The van der Waals surface area contributed by atoms with E-state index in [0.29, 0.717) is 24.5 Å². The lowest BCUT2D eigenvalue weighted by molar-refractivity contribution is 0.234. The quantitative estimate of drug-likeness (QED) is 0.775. The maximum Gasteiger partial charge on any atom is 0.119 e. The molecule has 0 heterocycles. The van der Waals surface area contributed by atoms with Gasteiger partial charge in [0.15, 0.2) is 0 Å². The topological polar surface area (TPSA) is 41.5 Å². The van der Waals surface area contributed by atoms with Gasteiger partial charge in [0, 0.05) is 12.6 Å². The molecule has 0 spiro atoms. The minimum absolute atomic E-state index is 0.295. The number of hydrogen-bond donors (Lipinski definition) is 2. The Hall–Kier alpha value is -1.06. The summed E-state index contributed by atoms with van der Waals surface area (Å²) in [7, 11) is 1.73. The first-order valence-corrected chi connectivity index (χ1v) is 8.62. The summed E-state index contributed by atoms with van der Waals surface area (Å²) in [6.45, 7) is 5.83. The molecule has 124 valence electrons. The van der Waals surface area contributed by atoms with E-state index in [1.807, 2.05) is 0 Å². The molecule has 1 aliphatic rings. The lowest BCUT2D eigenvalue weighted by Crippen LogP contribution is -2.38. The second-order valence-electron chi connectivity index (χ2n) is 6.99. The summed E-state index contributed by atoms with van der Waals surface area (Å²) in [5, 5.41) is 13.0. The van der Waals surface area contributed by atoms with Crippen molar-refractivity contribution in [1.29, 1.82) is 0 Å². The van der Waals surface area contributed by atoms with Gasteiger partial charge in [-0.15, -0.1) is 0 Å². The van der Waals surface area contributed by atoms with Crippen molar-refractivity contribution in [2.45, 2.75) is 52.0 Å². The Bertz CT molecular complexity index is 459. The normalized spacial score (nSPS) is 19.0. The minimum atomic E-state index is 0.295. The Morgan fingerprint density at radius 1 is 1.32 bits per heavy atom. The maximum absolute atomic E-state index is 9.23. The molecule has 3 heteroatoms. The van der Waals surface area contributed by atoms with E-state index in [-0.39, 0.29) is 0 Å². The fraction of sp³-hybridized carbons (Fsp3) is 0.684. The van der Waals surface area contributed by atoms with Crippen LogP contribution in [0.5, 0.6) is 5.75 Å². The van der Waals surface area contributed by atoms with Crippen LogP contribution in [0.15, 0.2) is 18.2 Å². The highest BCUT2D eigenvalue weighted by Crippen LogP contribution is 2.26. The highest BCUT2D eigenvalue weighted by atomic mass is 16.5. The number of benzene rings is 1. The zero-order valence-electron chi connectivity index (χ0n) is 14.3. The molecule has 0 aromatic heterocycles. The number of aliphatic hydroxyl groups is 1. The summed E-state index contributed by atoms with van der Waals surface area (Å²) in [6, 6.07) is 7.00. The van der Waals surface area contributed by atoms with Crippen LogP contribution in [0, 0.1) is 11.8 Å². The number of hydrogen-bond acceptors (Lipinski definition) is 3. The summed E-state index contributed by atoms with van der Waals surface area (Å²) in [6.07, 6.45) is 5.52. The average molecular weight is 305 g/mol. The summed E-state index contributed by atoms with van der Waals surface area (Å²) in [4.78, 5) is 0. The number of rotatable bonds is 8. The maximum atomic E-state index is 9.23. The molecular formula is C19H31NO2. The van der Waals surface area contributed by atoms with Crippen LogP contribution in [-0.4, -0.2) is 31.4 Å². The molecule has 2 rings (SSSR count). The number of nitrogens with one attached hydrogen (secondary N) is 1. The molecule has 2 N–H and O–H groups in total. The molecule has 22 heavy (non-hydrogen) atoms. The van der Waals surface area contributed by atoms with Crippen LogP contribution in [0.1, 0.15) is 44.2 Å². The molecule has 0 saturated carbocycles. The van der Waals surface area contributed by atoms with Crippen molar-refractivity contribution in [2.75, 3.05) is 20.3 Å². The van der Waals surface area contributed by atoms with E-state index in [1.54, 1.807) is 7.11 Å². The van der Waals surface area contributed by atoms with E-state index in [4.69, 9.17) is 4.74 Å². The number of methoxy groups -OCH3 is 1. The van der Waals surface area contributed by atoms with Crippen molar-refractivity contribution in [3.05, 3.63) is 29.3 Å². The van der Waals surface area contributed by atoms with E-state index in [2.05, 4.69) is 37.4 Å². The lowest BCUT2D eigenvalue weighted by Gasteiger charge is -2.28. The molecule has 1 aromatic carbocycles. The van der Waals surface area contributed by atoms with Gasteiger partial charge in [-0.1, -0.05) is 19.9 Å². The van der Waals surface area contributed by atoms with Crippen molar-refractivity contribution in [3.8, 4) is 5.75 Å². The molecule has 0 fully saturated rings. The largest absolute Gasteiger partial charge is 0.497 e. The Kier molecular flexibility index (Phi) is 6.71. The van der Waals surface area contributed by atoms with E-state index >= 15 is 0 Å². The molecule has 0 radical (unpaired) electrons. The smallest absolute Gasteiger partial charge is 0.119 e. The SMILES string of the molecule is COc1ccc2c(c1)CC(NCC(CCO)CC(C)C)CC2. The Morgan fingerprint density at radius 2 is 2.14 bits per heavy atom. The highest BCUT2D eigenvalue weighted by Gasteiger charge is 2.20. The van der Waals surface area contributed by atoms with Gasteiger partial charge in [0.1, 0.15) is 5.75 Å². The third-order valence-corrected chi connectivity index (χ3v) is 4.68. The molecule has 2 unspecified atom stereocenters. The molecule has 0 bridgehead atoms. The van der Waals surface area contributed by atoms with Crippen LogP contribution >= 0.6 is 0 Å². The first-order chi connectivity index (χ1) is 10.6. The molecular weight excluding hydrogens is 274 g/mol. The molecule has 3 nitrogen and oxygen atoms in total. The zero-order chi connectivity index (χ0) is 15.9. The first kappa shape index (κ1) is 17.3. The Balaban J connectivity index is 1.88. The third-order valence-electron chi connectivity index (χ3n) is 4.68. The third kappa shape index (κ3) is 4.99. The Morgan fingerprint density at radius 3 is 2.82 bits per heavy atom. The zero-order valence-corrected chi connectivity index (χ0v) is 14.3. The lowest BCUT2D eigenvalue weighted by atomic mass is 9.87. The van der Waals surface area contributed by atoms with Crippen molar-refractivity contribution >= 4 is 0 Å². The minimum Gasteiger partial charge on any atom is -0.497 e. The van der Waals surface area contributed by atoms with Gasteiger partial charge in [0.25, 0.3) is 0 Å². The van der Waals surface area contributed by atoms with Gasteiger partial charge in [-0.25, -0.2) is 0 Å². The fourth-order valence-electron chi connectivity index (χ4n) is 3.52. The summed E-state index contributed by atoms with van der Waals surface area (Å²) >= 11 is 0. The van der Waals surface area contributed by atoms with Gasteiger partial charge < -0.3 is 15.2 Å². The van der Waals surface area contributed by atoms with Crippen molar-refractivity contribution in [2.24, 2.45) is 11.8 Å². The van der Waals surface area contributed by atoms with Gasteiger partial charge in [-0.2, -0.15) is 0 Å². The monoisotopic (exact) mass is 305 g/mol. The van der Waals surface area contributed by atoms with Crippen LogP contribution in [0.2, 0.25) is 0 Å². The average Bonchev–Trinajstić information content (AvgIpc) is 2.51. The summed E-state index contributed by atoms with van der Waals surface area (Å²) in [5.74, 6) is 2.23. The Labute approximate surface area is 135 Å². The molecule has 0 aliphatic heterocycles. The van der Waals surface area contributed by atoms with E-state index < -0.39 is 0 Å². The number of aliphatic hydroxyl groups excluding tert-OH is 1. The second-order valence-corrected chi connectivity index (χ2v) is 6.99. The van der Waals surface area contributed by atoms with Crippen molar-refractivity contribution in [3.63, 3.8) is 0 Å². The predicted molar refractivity (Wildman–Crippen MR) is 91.5 cm³/mol. The van der Waals surface area contributed by atoms with Crippen molar-refractivity contribution in [1.82, 2.24) is 5.32 Å². The van der Waals surface area contributed by atoms with Crippen LogP contribution in [0.3, 0.4) is 0 Å². The van der Waals surface area contributed by atoms with E-state index in [1.165, 1.54) is 24.0 Å². The van der Waals surface area contributed by atoms with Gasteiger partial charge in [0.2, 0.25) is 0 Å². The van der Waals surface area contributed by atoms with Crippen molar-refractivity contribution < 1.29 is 9.84 Å². The van der Waals surface area contributed by atoms with Gasteiger partial charge >= 0.3 is 0 Å².